The fourth-order valence-corrected chi connectivity index (χ4v) is 4.48. The Bertz CT molecular complexity index is 663. The van der Waals surface area contributed by atoms with E-state index in [9.17, 15) is 9.59 Å². The van der Waals surface area contributed by atoms with E-state index in [0.717, 1.165) is 43.7 Å². The summed E-state index contributed by atoms with van der Waals surface area (Å²) < 4.78 is 0. The molecule has 0 unspecified atom stereocenters. The Balaban J connectivity index is 1.45. The van der Waals surface area contributed by atoms with E-state index in [1.54, 1.807) is 4.90 Å². The number of fused-ring (bicyclic) bond motifs is 1. The summed E-state index contributed by atoms with van der Waals surface area (Å²) in [6, 6.07) is 7.90. The van der Waals surface area contributed by atoms with Gasteiger partial charge in [-0.25, -0.2) is 9.59 Å². The van der Waals surface area contributed by atoms with Crippen LogP contribution in [0.1, 0.15) is 38.5 Å². The Kier molecular flexibility index (Phi) is 4.51. The highest BCUT2D eigenvalue weighted by atomic mass is 16.2. The molecular weight excluding hydrogens is 316 g/mol. The maximum Gasteiger partial charge on any atom is 0.322 e. The largest absolute Gasteiger partial charge is 0.338 e. The van der Waals surface area contributed by atoms with Gasteiger partial charge in [0.1, 0.15) is 0 Å². The number of anilines is 2. The van der Waals surface area contributed by atoms with Gasteiger partial charge < -0.3 is 15.5 Å². The fourth-order valence-electron chi connectivity index (χ4n) is 4.48. The van der Waals surface area contributed by atoms with Crippen molar-refractivity contribution in [1.29, 1.82) is 0 Å². The van der Waals surface area contributed by atoms with Crippen LogP contribution in [0.25, 0.3) is 0 Å². The molecule has 3 aliphatic rings. The van der Waals surface area contributed by atoms with Crippen LogP contribution in [-0.4, -0.2) is 42.6 Å². The normalized spacial score (nSPS) is 26.2. The average Bonchev–Trinajstić information content (AvgIpc) is 3.06. The number of rotatable bonds is 2. The number of urea groups is 2. The summed E-state index contributed by atoms with van der Waals surface area (Å²) in [6.45, 7) is 2.29. The molecule has 134 valence electrons. The third kappa shape index (κ3) is 3.30. The molecule has 1 aliphatic carbocycles. The van der Waals surface area contributed by atoms with Crippen LogP contribution in [0.4, 0.5) is 21.0 Å². The third-order valence-electron chi connectivity index (χ3n) is 5.76. The molecule has 2 atom stereocenters. The number of benzene rings is 1. The first kappa shape index (κ1) is 16.2. The van der Waals surface area contributed by atoms with E-state index in [-0.39, 0.29) is 12.1 Å². The second-order valence-electron chi connectivity index (χ2n) is 7.31. The molecule has 4 rings (SSSR count). The van der Waals surface area contributed by atoms with Crippen molar-refractivity contribution < 1.29 is 9.59 Å². The van der Waals surface area contributed by atoms with Gasteiger partial charge in [0.2, 0.25) is 0 Å². The van der Waals surface area contributed by atoms with Crippen LogP contribution in [0.3, 0.4) is 0 Å². The smallest absolute Gasteiger partial charge is 0.322 e. The van der Waals surface area contributed by atoms with Crippen LogP contribution in [0.15, 0.2) is 24.3 Å². The summed E-state index contributed by atoms with van der Waals surface area (Å²) in [5.74, 6) is 0.683. The summed E-state index contributed by atoms with van der Waals surface area (Å²) in [4.78, 5) is 28.5. The van der Waals surface area contributed by atoms with Crippen LogP contribution in [-0.2, 0) is 0 Å². The van der Waals surface area contributed by atoms with Gasteiger partial charge in [-0.3, -0.25) is 4.90 Å². The summed E-state index contributed by atoms with van der Waals surface area (Å²) in [5.41, 5.74) is 1.58. The van der Waals surface area contributed by atoms with Gasteiger partial charge in [-0.2, -0.15) is 0 Å². The van der Waals surface area contributed by atoms with Crippen LogP contribution < -0.4 is 15.5 Å². The average molecular weight is 342 g/mol. The van der Waals surface area contributed by atoms with Crippen LogP contribution in [0, 0.1) is 5.92 Å². The van der Waals surface area contributed by atoms with Crippen molar-refractivity contribution in [3.63, 3.8) is 0 Å². The minimum absolute atomic E-state index is 0.00496. The fraction of sp³-hybridized carbons (Fsp3) is 0.579. The molecule has 0 spiro atoms. The SMILES string of the molecule is O=C1NCCCN1c1cccc(NC(=O)N2CC[C@H]3CCCC[C@@H]32)c1. The molecule has 0 bridgehead atoms. The quantitative estimate of drug-likeness (QED) is 0.865. The molecule has 2 N–H and O–H groups in total. The Hall–Kier alpha value is -2.24. The minimum Gasteiger partial charge on any atom is -0.338 e. The van der Waals surface area contributed by atoms with Gasteiger partial charge >= 0.3 is 12.1 Å². The lowest BCUT2D eigenvalue weighted by Crippen LogP contribution is -2.46. The summed E-state index contributed by atoms with van der Waals surface area (Å²) in [5, 5.41) is 5.90. The number of carbonyl (C=O) groups is 2. The monoisotopic (exact) mass is 342 g/mol. The number of hydrogen-bond acceptors (Lipinski definition) is 2. The van der Waals surface area contributed by atoms with E-state index in [1.807, 2.05) is 29.2 Å². The van der Waals surface area contributed by atoms with Crippen molar-refractivity contribution in [3.05, 3.63) is 24.3 Å². The number of hydrogen-bond donors (Lipinski definition) is 2. The standard InChI is InChI=1S/C19H26N4O2/c24-18-20-10-4-11-22(18)16-7-3-6-15(13-16)21-19(25)23-12-9-14-5-1-2-8-17(14)23/h3,6-7,13-14,17H,1-2,4-5,8-12H2,(H,20,24)(H,21,25)/t14-,17+/m1/s1. The highest BCUT2D eigenvalue weighted by Gasteiger charge is 2.38. The lowest BCUT2D eigenvalue weighted by atomic mass is 9.85. The third-order valence-corrected chi connectivity index (χ3v) is 5.76. The lowest BCUT2D eigenvalue weighted by Gasteiger charge is -2.32. The Morgan fingerprint density at radius 3 is 2.88 bits per heavy atom. The van der Waals surface area contributed by atoms with E-state index in [2.05, 4.69) is 10.6 Å². The molecule has 6 heteroatoms. The molecule has 3 fully saturated rings. The van der Waals surface area contributed by atoms with Crippen LogP contribution in [0.5, 0.6) is 0 Å². The molecule has 2 aliphatic heterocycles. The molecular formula is C19H26N4O2. The zero-order valence-electron chi connectivity index (χ0n) is 14.5. The second-order valence-corrected chi connectivity index (χ2v) is 7.31. The molecule has 0 aromatic heterocycles. The minimum atomic E-state index is -0.0701. The molecule has 1 saturated carbocycles. The predicted octanol–water partition coefficient (Wildman–Crippen LogP) is 3.40. The molecule has 25 heavy (non-hydrogen) atoms. The van der Waals surface area contributed by atoms with Crippen molar-refractivity contribution in [1.82, 2.24) is 10.2 Å². The second kappa shape index (κ2) is 6.94. The van der Waals surface area contributed by atoms with Gasteiger partial charge in [-0.05, 0) is 49.8 Å². The first-order valence-corrected chi connectivity index (χ1v) is 9.45. The van der Waals surface area contributed by atoms with Crippen molar-refractivity contribution in [3.8, 4) is 0 Å². The number of carbonyl (C=O) groups excluding carboxylic acids is 2. The van der Waals surface area contributed by atoms with Gasteiger partial charge in [0.25, 0.3) is 0 Å². The van der Waals surface area contributed by atoms with Gasteiger partial charge in [0, 0.05) is 37.1 Å². The Labute approximate surface area is 148 Å². The molecule has 6 nitrogen and oxygen atoms in total. The zero-order valence-corrected chi connectivity index (χ0v) is 14.5. The first-order chi connectivity index (χ1) is 12.2. The maximum absolute atomic E-state index is 12.7. The van der Waals surface area contributed by atoms with E-state index in [1.165, 1.54) is 19.3 Å². The van der Waals surface area contributed by atoms with Crippen molar-refractivity contribution in [2.45, 2.75) is 44.6 Å². The van der Waals surface area contributed by atoms with Crippen molar-refractivity contribution in [2.75, 3.05) is 29.9 Å². The molecule has 0 radical (unpaired) electrons. The molecule has 1 aromatic rings. The first-order valence-electron chi connectivity index (χ1n) is 9.45. The number of nitrogens with zero attached hydrogens (tertiary/aromatic N) is 2. The van der Waals surface area contributed by atoms with Gasteiger partial charge in [0.05, 0.1) is 0 Å². The highest BCUT2D eigenvalue weighted by molar-refractivity contribution is 5.95. The number of nitrogens with one attached hydrogen (secondary N) is 2. The van der Waals surface area contributed by atoms with E-state index in [0.29, 0.717) is 18.5 Å². The number of amides is 4. The summed E-state index contributed by atoms with van der Waals surface area (Å²) in [7, 11) is 0. The van der Waals surface area contributed by atoms with E-state index in [4.69, 9.17) is 0 Å². The Morgan fingerprint density at radius 1 is 1.12 bits per heavy atom. The lowest BCUT2D eigenvalue weighted by molar-refractivity contribution is 0.182. The number of likely N-dealkylation sites (tertiary alicyclic amines) is 1. The Morgan fingerprint density at radius 2 is 2.00 bits per heavy atom. The highest BCUT2D eigenvalue weighted by Crippen LogP contribution is 2.36. The van der Waals surface area contributed by atoms with Crippen molar-refractivity contribution in [2.24, 2.45) is 5.92 Å². The summed E-state index contributed by atoms with van der Waals surface area (Å²) in [6.07, 6.45) is 6.98. The van der Waals surface area contributed by atoms with Crippen LogP contribution >= 0.6 is 0 Å². The molecule has 2 heterocycles. The topological polar surface area (TPSA) is 64.7 Å². The zero-order chi connectivity index (χ0) is 17.2. The van der Waals surface area contributed by atoms with Crippen molar-refractivity contribution >= 4 is 23.4 Å². The predicted molar refractivity (Wildman–Crippen MR) is 97.9 cm³/mol. The van der Waals surface area contributed by atoms with Gasteiger partial charge in [0.15, 0.2) is 0 Å². The van der Waals surface area contributed by atoms with Gasteiger partial charge in [-0.15, -0.1) is 0 Å². The molecule has 4 amide bonds. The van der Waals surface area contributed by atoms with E-state index >= 15 is 0 Å². The molecule has 2 saturated heterocycles. The summed E-state index contributed by atoms with van der Waals surface area (Å²) >= 11 is 0. The van der Waals surface area contributed by atoms with Crippen LogP contribution in [0.2, 0.25) is 0 Å². The maximum atomic E-state index is 12.7. The van der Waals surface area contributed by atoms with E-state index < -0.39 is 0 Å². The van der Waals surface area contributed by atoms with Gasteiger partial charge in [-0.1, -0.05) is 18.9 Å². The molecule has 1 aromatic carbocycles.